The Morgan fingerprint density at radius 3 is 2.58 bits per heavy atom. The highest BCUT2D eigenvalue weighted by Crippen LogP contribution is 2.17. The summed E-state index contributed by atoms with van der Waals surface area (Å²) in [5.41, 5.74) is 0.734. The van der Waals surface area contributed by atoms with Crippen molar-refractivity contribution >= 4 is 18.3 Å². The van der Waals surface area contributed by atoms with Crippen molar-refractivity contribution in [2.24, 2.45) is 5.92 Å². The fourth-order valence-electron chi connectivity index (χ4n) is 1.54. The van der Waals surface area contributed by atoms with Gasteiger partial charge < -0.3 is 10.3 Å². The lowest BCUT2D eigenvalue weighted by Crippen LogP contribution is -2.32. The van der Waals surface area contributed by atoms with Gasteiger partial charge in [-0.25, -0.2) is 0 Å². The third kappa shape index (κ3) is 2.64. The number of thiol groups is 1. The Hall–Kier alpha value is -0.280. The summed E-state index contributed by atoms with van der Waals surface area (Å²) >= 11 is 3.97. The average molecular weight is 184 g/mol. The van der Waals surface area contributed by atoms with Gasteiger partial charge in [0.25, 0.3) is 0 Å². The van der Waals surface area contributed by atoms with Crippen molar-refractivity contribution in [2.75, 3.05) is 20.1 Å². The molecule has 0 radical (unpaired) electrons. The lowest BCUT2D eigenvalue weighted by Gasteiger charge is -2.28. The zero-order valence-corrected chi connectivity index (χ0v) is 8.35. The summed E-state index contributed by atoms with van der Waals surface area (Å²) in [5.74, 6) is 0.463. The minimum Gasteiger partial charge on any atom is -0.306 e. The van der Waals surface area contributed by atoms with Crippen LogP contribution in [0.1, 0.15) is 12.8 Å². The van der Waals surface area contributed by atoms with Gasteiger partial charge in [-0.2, -0.15) is 12.6 Å². The highest BCUT2D eigenvalue weighted by atomic mass is 32.1. The molecule has 1 N–H and O–H groups in total. The molecular weight excluding hydrogens is 168 g/mol. The number of hydrogen-bond acceptors (Lipinski definition) is 3. The van der Waals surface area contributed by atoms with Crippen LogP contribution in [0.2, 0.25) is 0 Å². The van der Waals surface area contributed by atoms with Crippen LogP contribution in [0.15, 0.2) is 11.5 Å². The molecule has 0 aromatic heterocycles. The quantitative estimate of drug-likeness (QED) is 0.497. The summed E-state index contributed by atoms with van der Waals surface area (Å²) in [6, 6.07) is 0. The lowest BCUT2D eigenvalue weighted by molar-refractivity contribution is 0.252. The molecule has 2 nitrogen and oxygen atoms in total. The molecule has 0 amide bonds. The molecule has 1 heterocycles. The van der Waals surface area contributed by atoms with E-state index in [0.717, 1.165) is 31.6 Å². The first-order valence-electron chi connectivity index (χ1n) is 4.32. The normalized spacial score (nSPS) is 21.8. The lowest BCUT2D eigenvalue weighted by atomic mass is 9.92. The summed E-state index contributed by atoms with van der Waals surface area (Å²) < 4.78 is 0. The molecule has 0 aliphatic carbocycles. The minimum atomic E-state index is 0.463. The van der Waals surface area contributed by atoms with Gasteiger partial charge in [0, 0.05) is 11.6 Å². The van der Waals surface area contributed by atoms with Crippen LogP contribution in [0.5, 0.6) is 0 Å². The van der Waals surface area contributed by atoms with E-state index in [-0.39, 0.29) is 0 Å². The Labute approximate surface area is 79.6 Å². The summed E-state index contributed by atoms with van der Waals surface area (Å²) in [5, 5.41) is 9.35. The maximum Gasteiger partial charge on any atom is 0.0350 e. The Balaban J connectivity index is 2.39. The second-order valence-electron chi connectivity index (χ2n) is 3.35. The number of nitrogens with one attached hydrogen (secondary N) is 1. The van der Waals surface area contributed by atoms with Gasteiger partial charge in [0.05, 0.1) is 0 Å². The van der Waals surface area contributed by atoms with Crippen molar-refractivity contribution < 1.29 is 0 Å². The van der Waals surface area contributed by atoms with Crippen LogP contribution in [0.25, 0.3) is 0 Å². The predicted molar refractivity (Wildman–Crippen MR) is 56.1 cm³/mol. The van der Waals surface area contributed by atoms with Gasteiger partial charge in [0.15, 0.2) is 0 Å². The minimum absolute atomic E-state index is 0.463. The Morgan fingerprint density at radius 1 is 1.50 bits per heavy atom. The van der Waals surface area contributed by atoms with Gasteiger partial charge in [0.1, 0.15) is 0 Å². The van der Waals surface area contributed by atoms with Gasteiger partial charge in [-0.3, -0.25) is 0 Å². The van der Waals surface area contributed by atoms with E-state index in [1.54, 1.807) is 11.5 Å². The number of likely N-dealkylation sites (tertiary alicyclic amines) is 1. The molecule has 68 valence electrons. The highest BCUT2D eigenvalue weighted by Gasteiger charge is 2.18. The first kappa shape index (κ1) is 9.81. The molecule has 0 bridgehead atoms. The maximum atomic E-state index is 7.69. The Bertz CT molecular complexity index is 181. The number of allylic oxidation sites excluding steroid dienone is 1. The molecule has 12 heavy (non-hydrogen) atoms. The van der Waals surface area contributed by atoms with E-state index in [4.69, 9.17) is 5.41 Å². The monoisotopic (exact) mass is 184 g/mol. The van der Waals surface area contributed by atoms with E-state index < -0.39 is 0 Å². The molecule has 0 atom stereocenters. The number of nitrogens with zero attached hydrogens (tertiary/aromatic N) is 1. The van der Waals surface area contributed by atoms with Gasteiger partial charge in [-0.05, 0) is 44.5 Å². The fraction of sp³-hybridized carbons (Fsp3) is 0.667. The Morgan fingerprint density at radius 2 is 2.08 bits per heavy atom. The van der Waals surface area contributed by atoms with Crippen molar-refractivity contribution in [1.82, 2.24) is 4.90 Å². The molecule has 3 heteroatoms. The average Bonchev–Trinajstić information content (AvgIpc) is 2.06. The number of rotatable bonds is 2. The van der Waals surface area contributed by atoms with Crippen molar-refractivity contribution in [3.63, 3.8) is 0 Å². The van der Waals surface area contributed by atoms with Crippen molar-refractivity contribution in [1.29, 1.82) is 5.41 Å². The van der Waals surface area contributed by atoms with E-state index in [9.17, 15) is 0 Å². The molecule has 0 aromatic rings. The van der Waals surface area contributed by atoms with E-state index in [1.807, 2.05) is 0 Å². The highest BCUT2D eigenvalue weighted by molar-refractivity contribution is 7.83. The van der Waals surface area contributed by atoms with Crippen LogP contribution in [-0.4, -0.2) is 30.7 Å². The van der Waals surface area contributed by atoms with Crippen molar-refractivity contribution in [3.8, 4) is 0 Å². The van der Waals surface area contributed by atoms with E-state index in [0.29, 0.717) is 5.92 Å². The molecule has 0 spiro atoms. The number of hydrogen-bond donors (Lipinski definition) is 2. The molecule has 0 unspecified atom stereocenters. The van der Waals surface area contributed by atoms with Gasteiger partial charge >= 0.3 is 0 Å². The van der Waals surface area contributed by atoms with E-state index in [2.05, 4.69) is 24.6 Å². The summed E-state index contributed by atoms with van der Waals surface area (Å²) in [6.07, 6.45) is 4.03. The zero-order valence-electron chi connectivity index (χ0n) is 7.45. The summed E-state index contributed by atoms with van der Waals surface area (Å²) in [7, 11) is 2.13. The van der Waals surface area contributed by atoms with E-state index in [1.165, 1.54) is 0 Å². The van der Waals surface area contributed by atoms with Crippen molar-refractivity contribution in [3.05, 3.63) is 11.5 Å². The van der Waals surface area contributed by atoms with Gasteiger partial charge in [-0.15, -0.1) is 0 Å². The predicted octanol–water partition coefficient (Wildman–Crippen LogP) is 1.79. The first-order valence-corrected chi connectivity index (χ1v) is 4.83. The van der Waals surface area contributed by atoms with E-state index >= 15 is 0 Å². The van der Waals surface area contributed by atoms with Crippen LogP contribution in [-0.2, 0) is 0 Å². The maximum absolute atomic E-state index is 7.69. The largest absolute Gasteiger partial charge is 0.306 e. The van der Waals surface area contributed by atoms with Crippen LogP contribution in [0.4, 0.5) is 0 Å². The molecule has 1 rings (SSSR count). The van der Waals surface area contributed by atoms with Crippen LogP contribution < -0.4 is 0 Å². The van der Waals surface area contributed by atoms with Gasteiger partial charge in [-0.1, -0.05) is 0 Å². The molecule has 0 saturated carbocycles. The fourth-order valence-corrected chi connectivity index (χ4v) is 1.70. The van der Waals surface area contributed by atoms with Gasteiger partial charge in [0.2, 0.25) is 0 Å². The van der Waals surface area contributed by atoms with Crippen LogP contribution in [0, 0.1) is 11.3 Å². The first-order chi connectivity index (χ1) is 5.74. The SMILES string of the molecule is CN1CCC(C(=N)/C=C\S)CC1. The van der Waals surface area contributed by atoms with Crippen LogP contribution >= 0.6 is 12.6 Å². The third-order valence-electron chi connectivity index (χ3n) is 2.41. The molecule has 1 aliphatic heterocycles. The topological polar surface area (TPSA) is 27.1 Å². The zero-order chi connectivity index (χ0) is 8.97. The molecular formula is C9H16N2S. The second kappa shape index (κ2) is 4.67. The summed E-state index contributed by atoms with van der Waals surface area (Å²) in [6.45, 7) is 2.24. The molecule has 0 aromatic carbocycles. The van der Waals surface area contributed by atoms with Crippen molar-refractivity contribution in [2.45, 2.75) is 12.8 Å². The second-order valence-corrected chi connectivity index (χ2v) is 3.65. The standard InChI is InChI=1S/C9H16N2S/c1-11-5-2-8(3-6-11)9(10)4-7-12/h4,7-8,10,12H,2-3,5-6H2,1H3/b7-4-,10-9?. The molecule has 1 saturated heterocycles. The Kier molecular flexibility index (Phi) is 3.82. The summed E-state index contributed by atoms with van der Waals surface area (Å²) in [4.78, 5) is 2.31. The molecule has 1 aliphatic rings. The van der Waals surface area contributed by atoms with Crippen LogP contribution in [0.3, 0.4) is 0 Å². The third-order valence-corrected chi connectivity index (χ3v) is 2.56. The number of piperidine rings is 1. The smallest absolute Gasteiger partial charge is 0.0350 e. The molecule has 1 fully saturated rings.